The summed E-state index contributed by atoms with van der Waals surface area (Å²) in [6.45, 7) is 2.41. The van der Waals surface area contributed by atoms with E-state index in [0.29, 0.717) is 28.9 Å². The maximum absolute atomic E-state index is 12.9. The molecule has 2 N–H and O–H groups in total. The Morgan fingerprint density at radius 1 is 0.969 bits per heavy atom. The number of Topliss-reactive ketones (excluding diaryl/α,β-unsaturated/α-hetero) is 1. The number of carbonyl (C=O) groups excluding carboxylic acids is 3. The van der Waals surface area contributed by atoms with Crippen LogP contribution in [0.2, 0.25) is 5.02 Å². The molecular weight excluding hydrogens is 428 g/mol. The van der Waals surface area contributed by atoms with Crippen LogP contribution in [-0.4, -0.2) is 29.1 Å². The fourth-order valence-electron chi connectivity index (χ4n) is 3.36. The number of halogens is 1. The van der Waals surface area contributed by atoms with Crippen molar-refractivity contribution >= 4 is 45.7 Å². The minimum atomic E-state index is -0.845. The molecule has 4 aromatic rings. The van der Waals surface area contributed by atoms with Gasteiger partial charge in [0.05, 0.1) is 22.9 Å². The summed E-state index contributed by atoms with van der Waals surface area (Å²) in [5, 5.41) is 3.40. The van der Waals surface area contributed by atoms with Gasteiger partial charge in [0.25, 0.3) is 11.7 Å². The number of benzene rings is 3. The van der Waals surface area contributed by atoms with Crippen LogP contribution in [0.4, 0.5) is 5.69 Å². The van der Waals surface area contributed by atoms with Gasteiger partial charge in [0.15, 0.2) is 5.78 Å². The first-order valence-electron chi connectivity index (χ1n) is 9.97. The quantitative estimate of drug-likeness (QED) is 0.299. The van der Waals surface area contributed by atoms with Crippen molar-refractivity contribution in [3.8, 4) is 5.75 Å². The number of fused-ring (bicyclic) bond motifs is 1. The van der Waals surface area contributed by atoms with Gasteiger partial charge >= 0.3 is 0 Å². The highest BCUT2D eigenvalue weighted by molar-refractivity contribution is 6.49. The first-order valence-corrected chi connectivity index (χ1v) is 10.3. The van der Waals surface area contributed by atoms with E-state index in [1.54, 1.807) is 42.5 Å². The van der Waals surface area contributed by atoms with Gasteiger partial charge in [-0.2, -0.15) is 0 Å². The Balaban J connectivity index is 1.55. The molecule has 1 amide bonds. The molecule has 0 spiro atoms. The number of ketones is 2. The van der Waals surface area contributed by atoms with Crippen LogP contribution >= 0.6 is 11.6 Å². The predicted molar refractivity (Wildman–Crippen MR) is 124 cm³/mol. The van der Waals surface area contributed by atoms with Crippen molar-refractivity contribution in [2.24, 2.45) is 0 Å². The van der Waals surface area contributed by atoms with E-state index < -0.39 is 11.7 Å². The van der Waals surface area contributed by atoms with Crippen LogP contribution in [0, 0.1) is 0 Å². The number of aromatic nitrogens is 1. The first kappa shape index (κ1) is 21.3. The van der Waals surface area contributed by atoms with Crippen molar-refractivity contribution in [1.29, 1.82) is 0 Å². The number of para-hydroxylation sites is 1. The number of aromatic amines is 1. The summed E-state index contributed by atoms with van der Waals surface area (Å²) in [4.78, 5) is 41.2. The summed E-state index contributed by atoms with van der Waals surface area (Å²) in [7, 11) is 0. The number of hydrogen-bond donors (Lipinski definition) is 2. The van der Waals surface area contributed by atoms with Gasteiger partial charge in [0.2, 0.25) is 0 Å². The predicted octanol–water partition coefficient (Wildman–Crippen LogP) is 5.27. The summed E-state index contributed by atoms with van der Waals surface area (Å²) in [6.07, 6.45) is 1.50. The third-order valence-electron chi connectivity index (χ3n) is 4.94. The van der Waals surface area contributed by atoms with E-state index in [0.717, 1.165) is 5.52 Å². The Kier molecular flexibility index (Phi) is 6.05. The molecule has 0 radical (unpaired) electrons. The van der Waals surface area contributed by atoms with E-state index in [2.05, 4.69) is 10.3 Å². The van der Waals surface area contributed by atoms with E-state index in [-0.39, 0.29) is 22.1 Å². The monoisotopic (exact) mass is 446 g/mol. The molecule has 32 heavy (non-hydrogen) atoms. The van der Waals surface area contributed by atoms with Crippen molar-refractivity contribution in [2.45, 2.75) is 6.92 Å². The molecule has 7 heteroatoms. The average Bonchev–Trinajstić information content (AvgIpc) is 3.24. The van der Waals surface area contributed by atoms with E-state index in [1.165, 1.54) is 18.3 Å². The summed E-state index contributed by atoms with van der Waals surface area (Å²) in [5.74, 6) is -1.13. The highest BCUT2D eigenvalue weighted by Gasteiger charge is 2.21. The molecule has 160 valence electrons. The van der Waals surface area contributed by atoms with E-state index >= 15 is 0 Å². The molecule has 1 heterocycles. The van der Waals surface area contributed by atoms with Gasteiger partial charge in [0.1, 0.15) is 5.75 Å². The van der Waals surface area contributed by atoms with Crippen molar-refractivity contribution in [1.82, 2.24) is 4.98 Å². The standard InChI is InChI=1S/C25H19ClN2O4/c1-2-32-17-10-7-15(8-11-17)23(29)16-9-12-20(26)22(13-16)28-25(31)24(30)19-14-27-21-6-4-3-5-18(19)21/h3-14,27H,2H2,1H3,(H,28,31). The molecule has 0 saturated heterocycles. The third kappa shape index (κ3) is 4.26. The zero-order valence-corrected chi connectivity index (χ0v) is 17.9. The molecule has 4 rings (SSSR count). The Morgan fingerprint density at radius 3 is 2.44 bits per heavy atom. The molecule has 0 aliphatic heterocycles. The highest BCUT2D eigenvalue weighted by Crippen LogP contribution is 2.26. The molecule has 0 fully saturated rings. The zero-order chi connectivity index (χ0) is 22.7. The van der Waals surface area contributed by atoms with E-state index in [4.69, 9.17) is 16.3 Å². The minimum Gasteiger partial charge on any atom is -0.494 e. The van der Waals surface area contributed by atoms with Crippen LogP contribution in [0.3, 0.4) is 0 Å². The molecule has 0 bridgehead atoms. The van der Waals surface area contributed by atoms with Gasteiger partial charge in [-0.05, 0) is 55.5 Å². The van der Waals surface area contributed by atoms with Crippen molar-refractivity contribution < 1.29 is 19.1 Å². The van der Waals surface area contributed by atoms with Crippen molar-refractivity contribution in [3.05, 3.63) is 94.6 Å². The van der Waals surface area contributed by atoms with Gasteiger partial charge in [-0.1, -0.05) is 29.8 Å². The molecule has 6 nitrogen and oxygen atoms in total. The lowest BCUT2D eigenvalue weighted by molar-refractivity contribution is -0.112. The number of ether oxygens (including phenoxy) is 1. The van der Waals surface area contributed by atoms with E-state index in [1.807, 2.05) is 19.1 Å². The SMILES string of the molecule is CCOc1ccc(C(=O)c2ccc(Cl)c(NC(=O)C(=O)c3c[nH]c4ccccc34)c2)cc1. The lowest BCUT2D eigenvalue weighted by Gasteiger charge is -2.09. The smallest absolute Gasteiger partial charge is 0.296 e. The molecule has 0 saturated carbocycles. The molecule has 3 aromatic carbocycles. The second-order valence-electron chi connectivity index (χ2n) is 7.01. The van der Waals surface area contributed by atoms with Gasteiger partial charge < -0.3 is 15.0 Å². The topological polar surface area (TPSA) is 88.3 Å². The highest BCUT2D eigenvalue weighted by atomic mass is 35.5. The average molecular weight is 447 g/mol. The number of nitrogens with one attached hydrogen (secondary N) is 2. The largest absolute Gasteiger partial charge is 0.494 e. The fraction of sp³-hybridized carbons (Fsp3) is 0.0800. The zero-order valence-electron chi connectivity index (χ0n) is 17.1. The molecule has 1 aromatic heterocycles. The van der Waals surface area contributed by atoms with Crippen LogP contribution in [0.1, 0.15) is 33.2 Å². The second kappa shape index (κ2) is 9.08. The lowest BCUT2D eigenvalue weighted by atomic mass is 10.0. The maximum Gasteiger partial charge on any atom is 0.296 e. The number of rotatable bonds is 7. The molecule has 0 aliphatic carbocycles. The summed E-state index contributed by atoms with van der Waals surface area (Å²) in [6, 6.07) is 18.5. The molecule has 0 aliphatic rings. The van der Waals surface area contributed by atoms with Gasteiger partial charge in [-0.25, -0.2) is 0 Å². The Hall–Kier alpha value is -3.90. The second-order valence-corrected chi connectivity index (χ2v) is 7.42. The Labute approximate surface area is 189 Å². The third-order valence-corrected chi connectivity index (χ3v) is 5.27. The fourth-order valence-corrected chi connectivity index (χ4v) is 3.52. The van der Waals surface area contributed by atoms with Crippen LogP contribution in [0.15, 0.2) is 72.9 Å². The normalized spacial score (nSPS) is 10.7. The van der Waals surface area contributed by atoms with Gasteiger partial charge in [-0.15, -0.1) is 0 Å². The summed E-state index contributed by atoms with van der Waals surface area (Å²) < 4.78 is 5.39. The maximum atomic E-state index is 12.9. The number of anilines is 1. The first-order chi connectivity index (χ1) is 15.5. The number of H-pyrrole nitrogens is 1. The number of amides is 1. The van der Waals surface area contributed by atoms with Crippen LogP contribution in [-0.2, 0) is 4.79 Å². The number of carbonyl (C=O) groups is 3. The van der Waals surface area contributed by atoms with Gasteiger partial charge in [0, 0.05) is 28.2 Å². The minimum absolute atomic E-state index is 0.182. The summed E-state index contributed by atoms with van der Waals surface area (Å²) >= 11 is 6.21. The van der Waals surface area contributed by atoms with Crippen molar-refractivity contribution in [2.75, 3.05) is 11.9 Å². The molecule has 0 atom stereocenters. The van der Waals surface area contributed by atoms with Gasteiger partial charge in [-0.3, -0.25) is 14.4 Å². The van der Waals surface area contributed by atoms with Crippen LogP contribution in [0.5, 0.6) is 5.75 Å². The number of hydrogen-bond acceptors (Lipinski definition) is 4. The van der Waals surface area contributed by atoms with Crippen LogP contribution < -0.4 is 10.1 Å². The van der Waals surface area contributed by atoms with Crippen LogP contribution in [0.25, 0.3) is 10.9 Å². The molecule has 0 unspecified atom stereocenters. The Morgan fingerprint density at radius 2 is 1.69 bits per heavy atom. The summed E-state index contributed by atoms with van der Waals surface area (Å²) in [5.41, 5.74) is 1.98. The van der Waals surface area contributed by atoms with E-state index in [9.17, 15) is 14.4 Å². The molecular formula is C25H19ClN2O4. The van der Waals surface area contributed by atoms with Crippen molar-refractivity contribution in [3.63, 3.8) is 0 Å². The Bertz CT molecular complexity index is 1330. The lowest BCUT2D eigenvalue weighted by Crippen LogP contribution is -2.23.